The minimum atomic E-state index is -0.205. The molecule has 0 aromatic carbocycles. The van der Waals surface area contributed by atoms with Crippen molar-refractivity contribution in [3.63, 3.8) is 0 Å². The summed E-state index contributed by atoms with van der Waals surface area (Å²) in [7, 11) is 0. The molecule has 0 saturated heterocycles. The fourth-order valence-electron chi connectivity index (χ4n) is 2.56. The highest BCUT2D eigenvalue weighted by Crippen LogP contribution is 2.22. The summed E-state index contributed by atoms with van der Waals surface area (Å²) in [6.45, 7) is 10.5. The van der Waals surface area contributed by atoms with Gasteiger partial charge in [0.25, 0.3) is 0 Å². The van der Waals surface area contributed by atoms with E-state index in [1.54, 1.807) is 0 Å². The number of aryl methyl sites for hydroxylation is 1. The zero-order valence-electron chi connectivity index (χ0n) is 14.2. The second-order valence-corrected chi connectivity index (χ2v) is 6.58. The lowest BCUT2D eigenvalue weighted by Crippen LogP contribution is -2.21. The zero-order chi connectivity index (χ0) is 15.7. The maximum Gasteiger partial charge on any atom is 0.0683 e. The second-order valence-electron chi connectivity index (χ2n) is 6.58. The Morgan fingerprint density at radius 2 is 2.10 bits per heavy atom. The zero-order valence-corrected chi connectivity index (χ0v) is 14.2. The minimum absolute atomic E-state index is 0.205. The van der Waals surface area contributed by atoms with Crippen molar-refractivity contribution in [1.82, 2.24) is 9.88 Å². The van der Waals surface area contributed by atoms with Gasteiger partial charge in [-0.05, 0) is 57.7 Å². The molecule has 1 rings (SSSR count). The van der Waals surface area contributed by atoms with Gasteiger partial charge >= 0.3 is 0 Å². The quantitative estimate of drug-likeness (QED) is 0.680. The Morgan fingerprint density at radius 1 is 1.33 bits per heavy atom. The van der Waals surface area contributed by atoms with Crippen molar-refractivity contribution in [1.29, 1.82) is 5.26 Å². The summed E-state index contributed by atoms with van der Waals surface area (Å²) in [5.74, 6) is 0. The molecule has 0 amide bonds. The van der Waals surface area contributed by atoms with Crippen molar-refractivity contribution in [3.05, 3.63) is 24.0 Å². The van der Waals surface area contributed by atoms with Crippen LogP contribution in [0.1, 0.15) is 71.4 Å². The smallest absolute Gasteiger partial charge is 0.0683 e. The van der Waals surface area contributed by atoms with Crippen LogP contribution >= 0.6 is 0 Å². The van der Waals surface area contributed by atoms with Crippen LogP contribution in [0.3, 0.4) is 0 Å². The van der Waals surface area contributed by atoms with E-state index < -0.39 is 0 Å². The topological polar surface area (TPSA) is 40.8 Å². The van der Waals surface area contributed by atoms with E-state index in [1.165, 1.54) is 24.8 Å². The first kappa shape index (κ1) is 17.8. The number of nitrogens with one attached hydrogen (secondary N) is 1. The lowest BCUT2D eigenvalue weighted by atomic mass is 9.90. The van der Waals surface area contributed by atoms with Gasteiger partial charge in [0, 0.05) is 25.0 Å². The Morgan fingerprint density at radius 3 is 2.71 bits per heavy atom. The Hall–Kier alpha value is -1.27. The molecular weight excluding hydrogens is 258 g/mol. The molecule has 0 aliphatic rings. The van der Waals surface area contributed by atoms with Crippen LogP contribution in [0.25, 0.3) is 0 Å². The largest absolute Gasteiger partial charge is 0.354 e. The highest BCUT2D eigenvalue weighted by Gasteiger charge is 2.16. The van der Waals surface area contributed by atoms with Crippen LogP contribution in [0.4, 0.5) is 0 Å². The fourth-order valence-corrected chi connectivity index (χ4v) is 2.56. The van der Waals surface area contributed by atoms with Crippen molar-refractivity contribution in [2.75, 3.05) is 6.54 Å². The molecule has 0 fully saturated rings. The molecule has 0 bridgehead atoms. The summed E-state index contributed by atoms with van der Waals surface area (Å²) in [4.78, 5) is 0. The maximum absolute atomic E-state index is 9.04. The van der Waals surface area contributed by atoms with Crippen molar-refractivity contribution in [2.45, 2.75) is 72.4 Å². The van der Waals surface area contributed by atoms with Crippen LogP contribution in [0.5, 0.6) is 0 Å². The van der Waals surface area contributed by atoms with Gasteiger partial charge in [-0.2, -0.15) is 5.26 Å². The van der Waals surface area contributed by atoms with Crippen LogP contribution in [0, 0.1) is 16.7 Å². The number of nitriles is 1. The summed E-state index contributed by atoms with van der Waals surface area (Å²) in [5.41, 5.74) is 1.19. The molecule has 1 aromatic rings. The third-order valence-electron chi connectivity index (χ3n) is 3.91. The molecule has 0 spiro atoms. The summed E-state index contributed by atoms with van der Waals surface area (Å²) in [6, 6.07) is 5.08. The SMILES string of the molecule is CCCNC(CCC)c1ccn(CCCC(C)(C)C#N)c1. The van der Waals surface area contributed by atoms with E-state index in [2.05, 4.69) is 48.3 Å². The van der Waals surface area contributed by atoms with Crippen LogP contribution < -0.4 is 5.32 Å². The van der Waals surface area contributed by atoms with Crippen molar-refractivity contribution in [3.8, 4) is 6.07 Å². The molecule has 1 aromatic heterocycles. The van der Waals surface area contributed by atoms with Gasteiger partial charge in [0.1, 0.15) is 0 Å². The monoisotopic (exact) mass is 289 g/mol. The van der Waals surface area contributed by atoms with Gasteiger partial charge in [-0.25, -0.2) is 0 Å². The number of hydrogen-bond acceptors (Lipinski definition) is 2. The van der Waals surface area contributed by atoms with Crippen molar-refractivity contribution < 1.29 is 0 Å². The van der Waals surface area contributed by atoms with E-state index in [1.807, 2.05) is 13.8 Å². The minimum Gasteiger partial charge on any atom is -0.354 e. The highest BCUT2D eigenvalue weighted by molar-refractivity contribution is 5.15. The van der Waals surface area contributed by atoms with Gasteiger partial charge in [0.15, 0.2) is 0 Å². The van der Waals surface area contributed by atoms with Crippen LogP contribution in [0.2, 0.25) is 0 Å². The van der Waals surface area contributed by atoms with E-state index >= 15 is 0 Å². The maximum atomic E-state index is 9.04. The lowest BCUT2D eigenvalue weighted by Gasteiger charge is -2.17. The summed E-state index contributed by atoms with van der Waals surface area (Å²) in [6.07, 6.45) is 9.99. The second kappa shape index (κ2) is 8.89. The Kier molecular flexibility index (Phi) is 7.53. The summed E-state index contributed by atoms with van der Waals surface area (Å²) in [5, 5.41) is 12.7. The third-order valence-corrected chi connectivity index (χ3v) is 3.91. The van der Waals surface area contributed by atoms with Gasteiger partial charge < -0.3 is 9.88 Å². The van der Waals surface area contributed by atoms with Gasteiger partial charge in [-0.15, -0.1) is 0 Å². The van der Waals surface area contributed by atoms with E-state index in [0.717, 1.165) is 25.9 Å². The number of nitrogens with zero attached hydrogens (tertiary/aromatic N) is 2. The first-order chi connectivity index (χ1) is 10.0. The molecule has 0 radical (unpaired) electrons. The summed E-state index contributed by atoms with van der Waals surface area (Å²) >= 11 is 0. The Balaban J connectivity index is 2.52. The van der Waals surface area contributed by atoms with Gasteiger partial charge in [-0.1, -0.05) is 20.3 Å². The van der Waals surface area contributed by atoms with Crippen LogP contribution in [-0.4, -0.2) is 11.1 Å². The number of rotatable bonds is 10. The Labute approximate surface area is 130 Å². The Bertz CT molecular complexity index is 440. The highest BCUT2D eigenvalue weighted by atomic mass is 15.0. The predicted octanol–water partition coefficient (Wildman–Crippen LogP) is 4.66. The van der Waals surface area contributed by atoms with E-state index in [0.29, 0.717) is 6.04 Å². The molecule has 1 unspecified atom stereocenters. The fraction of sp³-hybridized carbons (Fsp3) is 0.722. The molecule has 1 heterocycles. The average molecular weight is 289 g/mol. The molecule has 3 nitrogen and oxygen atoms in total. The van der Waals surface area contributed by atoms with E-state index in [4.69, 9.17) is 5.26 Å². The molecule has 1 N–H and O–H groups in total. The van der Waals surface area contributed by atoms with Gasteiger partial charge in [0.2, 0.25) is 0 Å². The first-order valence-electron chi connectivity index (χ1n) is 8.32. The molecule has 21 heavy (non-hydrogen) atoms. The molecule has 1 atom stereocenters. The molecule has 118 valence electrons. The standard InChI is InChI=1S/C18H31N3/c1-5-8-17(20-11-6-2)16-9-13-21(14-16)12-7-10-18(3,4)15-19/h9,13-14,17,20H,5-8,10-12H2,1-4H3. The molecule has 0 aliphatic carbocycles. The van der Waals surface area contributed by atoms with Crippen LogP contribution in [-0.2, 0) is 6.54 Å². The third kappa shape index (κ3) is 6.35. The van der Waals surface area contributed by atoms with Crippen molar-refractivity contribution >= 4 is 0 Å². The number of aromatic nitrogens is 1. The predicted molar refractivity (Wildman–Crippen MR) is 89.0 cm³/mol. The lowest BCUT2D eigenvalue weighted by molar-refractivity contribution is 0.415. The normalized spacial score (nSPS) is 13.1. The van der Waals surface area contributed by atoms with E-state index in [-0.39, 0.29) is 5.41 Å². The van der Waals surface area contributed by atoms with E-state index in [9.17, 15) is 0 Å². The van der Waals surface area contributed by atoms with Crippen molar-refractivity contribution in [2.24, 2.45) is 5.41 Å². The average Bonchev–Trinajstić information content (AvgIpc) is 2.92. The first-order valence-corrected chi connectivity index (χ1v) is 8.32. The van der Waals surface area contributed by atoms with Gasteiger partial charge in [0.05, 0.1) is 11.5 Å². The van der Waals surface area contributed by atoms with Crippen LogP contribution in [0.15, 0.2) is 18.5 Å². The number of hydrogen-bond donors (Lipinski definition) is 1. The molecular formula is C18H31N3. The summed E-state index contributed by atoms with van der Waals surface area (Å²) < 4.78 is 2.26. The van der Waals surface area contributed by atoms with Gasteiger partial charge in [-0.3, -0.25) is 0 Å². The molecule has 0 saturated carbocycles. The molecule has 0 aliphatic heterocycles. The molecule has 3 heteroatoms.